The molecule has 6 nitrogen and oxygen atoms in total. The Balaban J connectivity index is 1.36. The summed E-state index contributed by atoms with van der Waals surface area (Å²) in [5.74, 6) is 0.436. The van der Waals surface area contributed by atoms with E-state index in [-0.39, 0.29) is 23.5 Å². The van der Waals surface area contributed by atoms with Crippen molar-refractivity contribution in [3.05, 3.63) is 53.3 Å². The summed E-state index contributed by atoms with van der Waals surface area (Å²) >= 11 is 1.38. The molecule has 0 spiro atoms. The number of nitrogens with one attached hydrogen (secondary N) is 1. The van der Waals surface area contributed by atoms with Crippen LogP contribution in [0.15, 0.2) is 46.4 Å². The highest BCUT2D eigenvalue weighted by molar-refractivity contribution is 7.14. The van der Waals surface area contributed by atoms with E-state index < -0.39 is 0 Å². The van der Waals surface area contributed by atoms with Crippen LogP contribution in [0.3, 0.4) is 0 Å². The molecule has 0 saturated heterocycles. The fourth-order valence-corrected chi connectivity index (χ4v) is 4.28. The highest BCUT2D eigenvalue weighted by atomic mass is 32.1. The highest BCUT2D eigenvalue weighted by Gasteiger charge is 2.35. The molecular formula is C21H19N3O3S. The molecule has 3 aromatic rings. The predicted octanol–water partition coefficient (Wildman–Crippen LogP) is 4.34. The summed E-state index contributed by atoms with van der Waals surface area (Å²) in [5.41, 5.74) is 4.03. The number of aromatic nitrogens is 1. The van der Waals surface area contributed by atoms with Crippen molar-refractivity contribution < 1.29 is 14.0 Å². The van der Waals surface area contributed by atoms with Gasteiger partial charge in [-0.15, -0.1) is 11.3 Å². The number of fused-ring (bicyclic) bond motifs is 1. The normalized spacial score (nSPS) is 15.9. The van der Waals surface area contributed by atoms with Crippen LogP contribution >= 0.6 is 11.3 Å². The molecule has 7 heteroatoms. The van der Waals surface area contributed by atoms with Crippen molar-refractivity contribution in [3.63, 3.8) is 0 Å². The van der Waals surface area contributed by atoms with Gasteiger partial charge < -0.3 is 9.32 Å². The van der Waals surface area contributed by atoms with Crippen LogP contribution in [-0.2, 0) is 11.2 Å². The molecule has 1 saturated carbocycles. The molecule has 2 aliphatic rings. The van der Waals surface area contributed by atoms with Gasteiger partial charge in [-0.3, -0.25) is 14.9 Å². The van der Waals surface area contributed by atoms with Crippen molar-refractivity contribution in [1.82, 2.24) is 4.98 Å². The quantitative estimate of drug-likeness (QED) is 0.715. The summed E-state index contributed by atoms with van der Waals surface area (Å²) in [4.78, 5) is 31.1. The summed E-state index contributed by atoms with van der Waals surface area (Å²) in [6.45, 7) is 0.807. The lowest BCUT2D eigenvalue weighted by Crippen LogP contribution is -2.36. The van der Waals surface area contributed by atoms with E-state index in [1.165, 1.54) is 23.2 Å². The third-order valence-electron chi connectivity index (χ3n) is 5.16. The van der Waals surface area contributed by atoms with Gasteiger partial charge in [-0.05, 0) is 55.5 Å². The Labute approximate surface area is 166 Å². The van der Waals surface area contributed by atoms with E-state index in [4.69, 9.17) is 4.42 Å². The zero-order valence-electron chi connectivity index (χ0n) is 15.2. The standard InChI is InChI=1S/C21H19N3O3S/c25-19(18-4-2-10-27-18)23-21-22-16(12-28-21)14-7-8-17-15(11-14)3-1-9-24(17)20(26)13-5-6-13/h2,4,7-8,10-13H,1,3,5-6,9H2,(H,22,23,25). The van der Waals surface area contributed by atoms with Gasteiger partial charge in [0, 0.05) is 29.1 Å². The Morgan fingerprint density at radius 1 is 1.25 bits per heavy atom. The smallest absolute Gasteiger partial charge is 0.293 e. The number of anilines is 2. The minimum absolute atomic E-state index is 0.226. The molecule has 0 bridgehead atoms. The largest absolute Gasteiger partial charge is 0.459 e. The van der Waals surface area contributed by atoms with E-state index in [1.807, 2.05) is 22.4 Å². The van der Waals surface area contributed by atoms with Gasteiger partial charge in [-0.2, -0.15) is 0 Å². The van der Waals surface area contributed by atoms with Crippen LogP contribution in [0.5, 0.6) is 0 Å². The molecule has 0 atom stereocenters. The Morgan fingerprint density at radius 3 is 2.93 bits per heavy atom. The summed E-state index contributed by atoms with van der Waals surface area (Å²) < 4.78 is 5.10. The number of furan rings is 1. The summed E-state index contributed by atoms with van der Waals surface area (Å²) in [5, 5.41) is 5.21. The van der Waals surface area contributed by atoms with E-state index >= 15 is 0 Å². The van der Waals surface area contributed by atoms with Gasteiger partial charge in [0.1, 0.15) is 0 Å². The molecule has 0 unspecified atom stereocenters. The lowest BCUT2D eigenvalue weighted by Gasteiger charge is -2.30. The SMILES string of the molecule is O=C(Nc1nc(-c2ccc3c(c2)CCCN3C(=O)C2CC2)cs1)c1ccco1. The van der Waals surface area contributed by atoms with E-state index in [2.05, 4.69) is 16.4 Å². The van der Waals surface area contributed by atoms with Gasteiger partial charge in [0.2, 0.25) is 5.91 Å². The number of rotatable bonds is 4. The van der Waals surface area contributed by atoms with Crippen LogP contribution in [0.25, 0.3) is 11.3 Å². The van der Waals surface area contributed by atoms with Gasteiger partial charge in [-0.25, -0.2) is 4.98 Å². The minimum Gasteiger partial charge on any atom is -0.459 e. The third kappa shape index (κ3) is 3.22. The molecule has 2 aromatic heterocycles. The molecule has 1 N–H and O–H groups in total. The van der Waals surface area contributed by atoms with Gasteiger partial charge in [0.15, 0.2) is 10.9 Å². The summed E-state index contributed by atoms with van der Waals surface area (Å²) in [6, 6.07) is 9.44. The van der Waals surface area contributed by atoms with E-state index in [0.29, 0.717) is 5.13 Å². The molecule has 142 valence electrons. The van der Waals surface area contributed by atoms with Crippen LogP contribution in [0.2, 0.25) is 0 Å². The van der Waals surface area contributed by atoms with Crippen molar-refractivity contribution >= 4 is 34.0 Å². The zero-order chi connectivity index (χ0) is 19.1. The first-order valence-corrected chi connectivity index (χ1v) is 10.3. The number of benzene rings is 1. The number of hydrogen-bond acceptors (Lipinski definition) is 5. The molecule has 3 heterocycles. The van der Waals surface area contributed by atoms with Crippen molar-refractivity contribution in [3.8, 4) is 11.3 Å². The molecule has 1 aliphatic heterocycles. The number of carbonyl (C=O) groups excluding carboxylic acids is 2. The molecular weight excluding hydrogens is 374 g/mol. The molecule has 28 heavy (non-hydrogen) atoms. The fraction of sp³-hybridized carbons (Fsp3) is 0.286. The molecule has 5 rings (SSSR count). The van der Waals surface area contributed by atoms with Crippen molar-refractivity contribution in [2.45, 2.75) is 25.7 Å². The number of hydrogen-bond donors (Lipinski definition) is 1. The van der Waals surface area contributed by atoms with Gasteiger partial charge in [0.05, 0.1) is 12.0 Å². The van der Waals surface area contributed by atoms with Crippen LogP contribution in [0, 0.1) is 5.92 Å². The lowest BCUT2D eigenvalue weighted by molar-refractivity contribution is -0.119. The number of aryl methyl sites for hydroxylation is 1. The minimum atomic E-state index is -0.314. The average molecular weight is 393 g/mol. The first kappa shape index (κ1) is 17.2. The molecule has 2 amide bonds. The maximum absolute atomic E-state index is 12.5. The first-order chi connectivity index (χ1) is 13.7. The molecule has 1 aromatic carbocycles. The van der Waals surface area contributed by atoms with Crippen molar-refractivity contribution in [2.75, 3.05) is 16.8 Å². The maximum atomic E-state index is 12.5. The van der Waals surface area contributed by atoms with Crippen LogP contribution in [0.1, 0.15) is 35.4 Å². The van der Waals surface area contributed by atoms with E-state index in [1.54, 1.807) is 12.1 Å². The van der Waals surface area contributed by atoms with Crippen LogP contribution < -0.4 is 10.2 Å². The Morgan fingerprint density at radius 2 is 2.14 bits per heavy atom. The Bertz CT molecular complexity index is 1040. The second-order valence-electron chi connectivity index (χ2n) is 7.18. The number of carbonyl (C=O) groups is 2. The van der Waals surface area contributed by atoms with Gasteiger partial charge >= 0.3 is 0 Å². The lowest BCUT2D eigenvalue weighted by atomic mass is 9.98. The average Bonchev–Trinajstić information content (AvgIpc) is 3.22. The number of nitrogens with zero attached hydrogens (tertiary/aromatic N) is 2. The number of thiazole rings is 1. The zero-order valence-corrected chi connectivity index (χ0v) is 16.0. The van der Waals surface area contributed by atoms with Crippen LogP contribution in [-0.4, -0.2) is 23.3 Å². The maximum Gasteiger partial charge on any atom is 0.293 e. The predicted molar refractivity (Wildman–Crippen MR) is 108 cm³/mol. The third-order valence-corrected chi connectivity index (χ3v) is 5.91. The molecule has 0 radical (unpaired) electrons. The van der Waals surface area contributed by atoms with Gasteiger partial charge in [-0.1, -0.05) is 6.07 Å². The van der Waals surface area contributed by atoms with E-state index in [9.17, 15) is 9.59 Å². The Kier molecular flexibility index (Phi) is 4.24. The Hall–Kier alpha value is -2.93. The number of amides is 2. The van der Waals surface area contributed by atoms with E-state index in [0.717, 1.165) is 49.2 Å². The fourth-order valence-electron chi connectivity index (χ4n) is 3.57. The second kappa shape index (κ2) is 6.91. The van der Waals surface area contributed by atoms with Gasteiger partial charge in [0.25, 0.3) is 5.91 Å². The van der Waals surface area contributed by atoms with Crippen molar-refractivity contribution in [2.24, 2.45) is 5.92 Å². The molecule has 1 fully saturated rings. The topological polar surface area (TPSA) is 75.4 Å². The monoisotopic (exact) mass is 393 g/mol. The highest BCUT2D eigenvalue weighted by Crippen LogP contribution is 2.37. The summed E-state index contributed by atoms with van der Waals surface area (Å²) in [6.07, 6.45) is 5.45. The molecule has 1 aliphatic carbocycles. The van der Waals surface area contributed by atoms with Crippen molar-refractivity contribution in [1.29, 1.82) is 0 Å². The second-order valence-corrected chi connectivity index (χ2v) is 8.04. The first-order valence-electron chi connectivity index (χ1n) is 9.44. The van der Waals surface area contributed by atoms with Crippen LogP contribution in [0.4, 0.5) is 10.8 Å². The summed E-state index contributed by atoms with van der Waals surface area (Å²) in [7, 11) is 0.